The standard InChI is InChI=1S/C21H26N4O2/c1-3-26-25-20-11-6-8-17-12-13-18(23-21(17)20)9-7-15-27-24-16(2)19-10-4-5-14-22-19/h4-5,10,12-14H,3,6-9,11,15H2,1-2H3/b24-16+,25-20+. The first-order valence-electron chi connectivity index (χ1n) is 9.54. The molecule has 0 aliphatic heterocycles. The molecule has 0 fully saturated rings. The van der Waals surface area contributed by atoms with Crippen LogP contribution in [0.25, 0.3) is 0 Å². The van der Waals surface area contributed by atoms with Crippen LogP contribution < -0.4 is 0 Å². The van der Waals surface area contributed by atoms with Gasteiger partial charge >= 0.3 is 0 Å². The van der Waals surface area contributed by atoms with Gasteiger partial charge in [0.25, 0.3) is 0 Å². The molecular formula is C21H26N4O2. The second-order valence-corrected chi connectivity index (χ2v) is 6.45. The Morgan fingerprint density at radius 3 is 2.89 bits per heavy atom. The number of nitrogens with zero attached hydrogens (tertiary/aromatic N) is 4. The molecule has 6 heteroatoms. The van der Waals surface area contributed by atoms with Gasteiger partial charge in [-0.2, -0.15) is 0 Å². The van der Waals surface area contributed by atoms with Crippen LogP contribution in [0.3, 0.4) is 0 Å². The fourth-order valence-electron chi connectivity index (χ4n) is 3.00. The quantitative estimate of drug-likeness (QED) is 0.403. The largest absolute Gasteiger partial charge is 0.396 e. The molecule has 1 aliphatic carbocycles. The summed E-state index contributed by atoms with van der Waals surface area (Å²) in [5, 5.41) is 8.39. The molecule has 3 rings (SSSR count). The zero-order valence-corrected chi connectivity index (χ0v) is 16.0. The number of aryl methyl sites for hydroxylation is 2. The third kappa shape index (κ3) is 5.36. The summed E-state index contributed by atoms with van der Waals surface area (Å²) in [4.78, 5) is 19.8. The fraction of sp³-hybridized carbons (Fsp3) is 0.429. The van der Waals surface area contributed by atoms with E-state index in [0.717, 1.165) is 60.6 Å². The van der Waals surface area contributed by atoms with Crippen molar-refractivity contribution < 1.29 is 9.68 Å². The normalized spacial score (nSPS) is 15.5. The van der Waals surface area contributed by atoms with Crippen molar-refractivity contribution in [3.63, 3.8) is 0 Å². The second-order valence-electron chi connectivity index (χ2n) is 6.45. The van der Waals surface area contributed by atoms with Crippen LogP contribution in [0.2, 0.25) is 0 Å². The predicted molar refractivity (Wildman–Crippen MR) is 106 cm³/mol. The molecule has 0 saturated carbocycles. The molecule has 0 aromatic carbocycles. The first-order chi connectivity index (χ1) is 13.3. The Labute approximate surface area is 160 Å². The minimum atomic E-state index is 0.544. The Morgan fingerprint density at radius 2 is 2.07 bits per heavy atom. The summed E-state index contributed by atoms with van der Waals surface area (Å²) in [5.74, 6) is 0. The number of hydrogen-bond acceptors (Lipinski definition) is 6. The molecule has 0 bridgehead atoms. The van der Waals surface area contributed by atoms with E-state index in [1.807, 2.05) is 32.0 Å². The third-order valence-electron chi connectivity index (χ3n) is 4.38. The highest BCUT2D eigenvalue weighted by Gasteiger charge is 2.18. The van der Waals surface area contributed by atoms with E-state index in [2.05, 4.69) is 27.4 Å². The number of aromatic nitrogens is 2. The summed E-state index contributed by atoms with van der Waals surface area (Å²) in [5.41, 5.74) is 5.88. The molecule has 0 spiro atoms. The average molecular weight is 366 g/mol. The van der Waals surface area contributed by atoms with Crippen LogP contribution in [0.1, 0.15) is 55.8 Å². The molecule has 0 N–H and O–H groups in total. The molecule has 2 aromatic heterocycles. The van der Waals surface area contributed by atoms with Gasteiger partial charge in [0.15, 0.2) is 0 Å². The summed E-state index contributed by atoms with van der Waals surface area (Å²) in [6.45, 7) is 4.96. The second kappa shape index (κ2) is 9.80. The first-order valence-corrected chi connectivity index (χ1v) is 9.54. The topological polar surface area (TPSA) is 69.0 Å². The molecule has 2 heterocycles. The van der Waals surface area contributed by atoms with Crippen molar-refractivity contribution in [2.75, 3.05) is 13.2 Å². The van der Waals surface area contributed by atoms with E-state index in [9.17, 15) is 0 Å². The molecular weight excluding hydrogens is 340 g/mol. The number of rotatable bonds is 8. The maximum absolute atomic E-state index is 5.43. The van der Waals surface area contributed by atoms with Crippen LogP contribution in [0.5, 0.6) is 0 Å². The molecule has 1 aliphatic rings. The van der Waals surface area contributed by atoms with Gasteiger partial charge in [0.05, 0.1) is 11.4 Å². The fourth-order valence-corrected chi connectivity index (χ4v) is 3.00. The van der Waals surface area contributed by atoms with Crippen molar-refractivity contribution in [1.29, 1.82) is 0 Å². The van der Waals surface area contributed by atoms with Crippen LogP contribution in [-0.4, -0.2) is 34.6 Å². The van der Waals surface area contributed by atoms with Crippen molar-refractivity contribution in [3.8, 4) is 0 Å². The van der Waals surface area contributed by atoms with Crippen LogP contribution in [-0.2, 0) is 22.5 Å². The Hall–Kier alpha value is -2.76. The summed E-state index contributed by atoms with van der Waals surface area (Å²) >= 11 is 0. The first kappa shape index (κ1) is 19.0. The Morgan fingerprint density at radius 1 is 1.15 bits per heavy atom. The third-order valence-corrected chi connectivity index (χ3v) is 4.38. The lowest BCUT2D eigenvalue weighted by molar-refractivity contribution is 0.141. The average Bonchev–Trinajstić information content (AvgIpc) is 2.72. The van der Waals surface area contributed by atoms with Gasteiger partial charge in [-0.3, -0.25) is 9.97 Å². The van der Waals surface area contributed by atoms with Crippen LogP contribution >= 0.6 is 0 Å². The van der Waals surface area contributed by atoms with E-state index in [4.69, 9.17) is 14.7 Å². The molecule has 2 aromatic rings. The van der Waals surface area contributed by atoms with Gasteiger partial charge in [-0.05, 0) is 69.7 Å². The van der Waals surface area contributed by atoms with E-state index in [1.165, 1.54) is 5.56 Å². The number of hydrogen-bond donors (Lipinski definition) is 0. The maximum Gasteiger partial charge on any atom is 0.117 e. The van der Waals surface area contributed by atoms with Gasteiger partial charge < -0.3 is 9.68 Å². The lowest BCUT2D eigenvalue weighted by Crippen LogP contribution is -2.16. The monoisotopic (exact) mass is 366 g/mol. The van der Waals surface area contributed by atoms with Crippen LogP contribution in [0, 0.1) is 0 Å². The van der Waals surface area contributed by atoms with Crippen molar-refractivity contribution in [2.45, 2.75) is 46.0 Å². The Bertz CT molecular complexity index is 803. The minimum absolute atomic E-state index is 0.544. The Kier molecular flexibility index (Phi) is 6.90. The zero-order valence-electron chi connectivity index (χ0n) is 16.0. The van der Waals surface area contributed by atoms with E-state index in [-0.39, 0.29) is 0 Å². The van der Waals surface area contributed by atoms with Gasteiger partial charge in [0.1, 0.15) is 24.6 Å². The van der Waals surface area contributed by atoms with Gasteiger partial charge in [0, 0.05) is 11.9 Å². The van der Waals surface area contributed by atoms with Gasteiger partial charge in [-0.25, -0.2) is 0 Å². The van der Waals surface area contributed by atoms with E-state index < -0.39 is 0 Å². The molecule has 27 heavy (non-hydrogen) atoms. The Balaban J connectivity index is 1.53. The zero-order chi connectivity index (χ0) is 18.9. The predicted octanol–water partition coefficient (Wildman–Crippen LogP) is 3.93. The summed E-state index contributed by atoms with van der Waals surface area (Å²) < 4.78 is 0. The van der Waals surface area contributed by atoms with E-state index in [1.54, 1.807) is 6.20 Å². The molecule has 0 amide bonds. The van der Waals surface area contributed by atoms with Gasteiger partial charge in [-0.1, -0.05) is 22.4 Å². The van der Waals surface area contributed by atoms with Crippen molar-refractivity contribution in [2.24, 2.45) is 10.3 Å². The highest BCUT2D eigenvalue weighted by Crippen LogP contribution is 2.21. The van der Waals surface area contributed by atoms with Gasteiger partial charge in [-0.15, -0.1) is 0 Å². The van der Waals surface area contributed by atoms with Crippen molar-refractivity contribution >= 4 is 11.4 Å². The molecule has 0 saturated heterocycles. The van der Waals surface area contributed by atoms with Gasteiger partial charge in [0.2, 0.25) is 0 Å². The molecule has 0 atom stereocenters. The molecule has 142 valence electrons. The lowest BCUT2D eigenvalue weighted by atomic mass is 9.94. The smallest absolute Gasteiger partial charge is 0.117 e. The van der Waals surface area contributed by atoms with Crippen LogP contribution in [0.4, 0.5) is 0 Å². The molecule has 0 unspecified atom stereocenters. The van der Waals surface area contributed by atoms with Crippen molar-refractivity contribution in [1.82, 2.24) is 9.97 Å². The minimum Gasteiger partial charge on any atom is -0.396 e. The SMILES string of the molecule is CCO/N=C1\CCCc2ccc(CCCO/N=C(\C)c3ccccn3)nc21. The summed E-state index contributed by atoms with van der Waals surface area (Å²) in [7, 11) is 0. The highest BCUT2D eigenvalue weighted by molar-refractivity contribution is 6.00. The number of pyridine rings is 2. The maximum atomic E-state index is 5.43. The summed E-state index contributed by atoms with van der Waals surface area (Å²) in [6, 6.07) is 10.0. The number of fused-ring (bicyclic) bond motifs is 1. The number of oxime groups is 2. The molecule has 6 nitrogen and oxygen atoms in total. The highest BCUT2D eigenvalue weighted by atomic mass is 16.6. The van der Waals surface area contributed by atoms with E-state index in [0.29, 0.717) is 13.2 Å². The van der Waals surface area contributed by atoms with E-state index >= 15 is 0 Å². The van der Waals surface area contributed by atoms with Crippen molar-refractivity contribution in [3.05, 3.63) is 59.2 Å². The molecule has 0 radical (unpaired) electrons. The summed E-state index contributed by atoms with van der Waals surface area (Å²) in [6.07, 6.45) is 6.52. The lowest BCUT2D eigenvalue weighted by Gasteiger charge is -2.17. The van der Waals surface area contributed by atoms with Crippen LogP contribution in [0.15, 0.2) is 46.8 Å².